The van der Waals surface area contributed by atoms with Crippen molar-refractivity contribution in [3.05, 3.63) is 32.6 Å². The highest BCUT2D eigenvalue weighted by Gasteiger charge is 2.48. The molecule has 108 valence electrons. The van der Waals surface area contributed by atoms with Crippen LogP contribution < -0.4 is 0 Å². The number of benzene rings is 1. The van der Waals surface area contributed by atoms with E-state index < -0.39 is 5.60 Å². The molecule has 3 rings (SSSR count). The Hall–Kier alpha value is -0.690. The maximum atomic E-state index is 13.7. The zero-order valence-corrected chi connectivity index (χ0v) is 13.6. The highest BCUT2D eigenvalue weighted by molar-refractivity contribution is 14.1. The Morgan fingerprint density at radius 3 is 2.65 bits per heavy atom. The number of carbonyl (C=O) groups excluding carboxylic acids is 1. The molecule has 1 aromatic carbocycles. The number of amides is 1. The molecule has 0 unspecified atom stereocenters. The largest absolute Gasteiger partial charge is 0.388 e. The van der Waals surface area contributed by atoms with Gasteiger partial charge in [0.25, 0.3) is 5.91 Å². The lowest BCUT2D eigenvalue weighted by atomic mass is 9.93. The molecule has 3 nitrogen and oxygen atoms in total. The van der Waals surface area contributed by atoms with Crippen molar-refractivity contribution in [2.45, 2.75) is 44.9 Å². The maximum absolute atomic E-state index is 13.7. The van der Waals surface area contributed by atoms with Gasteiger partial charge in [-0.2, -0.15) is 0 Å². The van der Waals surface area contributed by atoms with Crippen molar-refractivity contribution in [3.63, 3.8) is 0 Å². The molecule has 1 atom stereocenters. The summed E-state index contributed by atoms with van der Waals surface area (Å²) in [5.74, 6) is -0.149. The smallest absolute Gasteiger partial charge is 0.256 e. The lowest BCUT2D eigenvalue weighted by molar-refractivity contribution is -0.0224. The van der Waals surface area contributed by atoms with Gasteiger partial charge in [0.1, 0.15) is 5.82 Å². The van der Waals surface area contributed by atoms with Crippen LogP contribution in [-0.4, -0.2) is 27.6 Å². The number of fused-ring (bicyclic) bond motifs is 1. The Morgan fingerprint density at radius 2 is 2.10 bits per heavy atom. The van der Waals surface area contributed by atoms with Crippen LogP contribution in [0.1, 0.15) is 42.6 Å². The highest BCUT2D eigenvalue weighted by atomic mass is 127. The number of rotatable bonds is 3. The van der Waals surface area contributed by atoms with Crippen LogP contribution in [0.4, 0.5) is 4.39 Å². The first-order valence-corrected chi connectivity index (χ1v) is 7.89. The summed E-state index contributed by atoms with van der Waals surface area (Å²) in [5.41, 5.74) is 0.388. The number of carbonyl (C=O) groups is 1. The van der Waals surface area contributed by atoms with E-state index in [2.05, 4.69) is 0 Å². The summed E-state index contributed by atoms with van der Waals surface area (Å²) in [6.45, 7) is 3.96. The highest BCUT2D eigenvalue weighted by Crippen LogP contribution is 2.43. The van der Waals surface area contributed by atoms with E-state index >= 15 is 0 Å². The first-order chi connectivity index (χ1) is 9.30. The van der Waals surface area contributed by atoms with Gasteiger partial charge in [0.2, 0.25) is 0 Å². The summed E-state index contributed by atoms with van der Waals surface area (Å²) < 4.78 is 14.0. The van der Waals surface area contributed by atoms with E-state index in [1.165, 1.54) is 6.07 Å². The average molecular weight is 389 g/mol. The molecule has 1 aliphatic heterocycles. The van der Waals surface area contributed by atoms with E-state index in [4.69, 9.17) is 0 Å². The second-order valence-corrected chi connectivity index (χ2v) is 7.34. The number of hydrogen-bond acceptors (Lipinski definition) is 2. The molecule has 20 heavy (non-hydrogen) atoms. The monoisotopic (exact) mass is 389 g/mol. The Balaban J connectivity index is 1.99. The van der Waals surface area contributed by atoms with E-state index in [0.717, 1.165) is 18.4 Å². The molecular formula is C15H17FINO2. The maximum Gasteiger partial charge on any atom is 0.256 e. The summed E-state index contributed by atoms with van der Waals surface area (Å²) in [5, 5.41) is 10.4. The normalized spacial score (nSPS) is 20.2. The van der Waals surface area contributed by atoms with Crippen LogP contribution >= 0.6 is 22.6 Å². The van der Waals surface area contributed by atoms with Gasteiger partial charge < -0.3 is 10.0 Å². The van der Waals surface area contributed by atoms with Crippen LogP contribution in [-0.2, 0) is 6.54 Å². The molecule has 1 saturated carbocycles. The van der Waals surface area contributed by atoms with Crippen LogP contribution in [0.5, 0.6) is 0 Å². The van der Waals surface area contributed by atoms with Crippen molar-refractivity contribution < 1.29 is 14.3 Å². The Kier molecular flexibility index (Phi) is 3.32. The third-order valence-corrected chi connectivity index (χ3v) is 5.18. The predicted octanol–water partition coefficient (Wildman–Crippen LogP) is 2.94. The van der Waals surface area contributed by atoms with Crippen LogP contribution in [0.3, 0.4) is 0 Å². The minimum Gasteiger partial charge on any atom is -0.388 e. The van der Waals surface area contributed by atoms with Gasteiger partial charge in [-0.15, -0.1) is 0 Å². The molecule has 0 saturated heterocycles. The van der Waals surface area contributed by atoms with Crippen molar-refractivity contribution in [1.29, 1.82) is 0 Å². The van der Waals surface area contributed by atoms with Crippen molar-refractivity contribution in [2.75, 3.05) is 0 Å². The van der Waals surface area contributed by atoms with Gasteiger partial charge >= 0.3 is 0 Å². The van der Waals surface area contributed by atoms with Gasteiger partial charge in [-0.25, -0.2) is 4.39 Å². The Morgan fingerprint density at radius 1 is 1.45 bits per heavy atom. The molecule has 2 aliphatic rings. The summed E-state index contributed by atoms with van der Waals surface area (Å²) >= 11 is 1.89. The van der Waals surface area contributed by atoms with Gasteiger partial charge in [0.15, 0.2) is 0 Å². The summed E-state index contributed by atoms with van der Waals surface area (Å²) in [4.78, 5) is 14.4. The van der Waals surface area contributed by atoms with E-state index in [-0.39, 0.29) is 17.8 Å². The van der Waals surface area contributed by atoms with Crippen molar-refractivity contribution in [3.8, 4) is 0 Å². The van der Waals surface area contributed by atoms with Crippen molar-refractivity contribution in [1.82, 2.24) is 4.90 Å². The summed E-state index contributed by atoms with van der Waals surface area (Å²) in [6, 6.07) is 2.90. The van der Waals surface area contributed by atoms with E-state index in [9.17, 15) is 14.3 Å². The van der Waals surface area contributed by atoms with Crippen LogP contribution in [0.2, 0.25) is 0 Å². The predicted molar refractivity (Wildman–Crippen MR) is 81.8 cm³/mol. The molecule has 1 amide bonds. The molecule has 0 bridgehead atoms. The fourth-order valence-electron chi connectivity index (χ4n) is 3.20. The number of halogens is 2. The molecule has 0 spiro atoms. The standard InChI is InChI=1S/C15H17FINO2/c1-15(2,20)13(8-3-4-8)18-7-9-5-6-10(16)12(17)11(9)14(18)19/h5-6,8,13,20H,3-4,7H2,1-2H3/t13-/m1/s1. The van der Waals surface area contributed by atoms with E-state index in [0.29, 0.717) is 21.6 Å². The van der Waals surface area contributed by atoms with E-state index in [1.807, 2.05) is 22.6 Å². The average Bonchev–Trinajstić information content (AvgIpc) is 3.09. The third-order valence-electron chi connectivity index (χ3n) is 4.12. The van der Waals surface area contributed by atoms with Gasteiger partial charge in [-0.1, -0.05) is 6.07 Å². The molecule has 1 heterocycles. The number of nitrogens with zero attached hydrogens (tertiary/aromatic N) is 1. The minimum atomic E-state index is -0.942. The third kappa shape index (κ3) is 2.24. The van der Waals surface area contributed by atoms with Crippen LogP contribution in [0.25, 0.3) is 0 Å². The molecule has 1 aromatic rings. The molecule has 5 heteroatoms. The van der Waals surface area contributed by atoms with Gasteiger partial charge in [-0.3, -0.25) is 4.79 Å². The van der Waals surface area contributed by atoms with Gasteiger partial charge in [0.05, 0.1) is 20.8 Å². The van der Waals surface area contributed by atoms with Gasteiger partial charge in [0, 0.05) is 6.54 Å². The zero-order chi connectivity index (χ0) is 14.7. The second kappa shape index (κ2) is 4.66. The van der Waals surface area contributed by atoms with Crippen molar-refractivity contribution in [2.24, 2.45) is 5.92 Å². The van der Waals surface area contributed by atoms with E-state index in [1.54, 1.807) is 24.8 Å². The van der Waals surface area contributed by atoms with Gasteiger partial charge in [-0.05, 0) is 66.8 Å². The second-order valence-electron chi connectivity index (χ2n) is 6.26. The summed E-state index contributed by atoms with van der Waals surface area (Å²) in [7, 11) is 0. The molecule has 0 radical (unpaired) electrons. The zero-order valence-electron chi connectivity index (χ0n) is 11.5. The quantitative estimate of drug-likeness (QED) is 0.808. The fraction of sp³-hybridized carbons (Fsp3) is 0.533. The molecule has 1 N–H and O–H groups in total. The SMILES string of the molecule is CC(C)(O)[C@@H](C1CC1)N1Cc2ccc(F)c(I)c2C1=O. The topological polar surface area (TPSA) is 40.5 Å². The molecule has 0 aromatic heterocycles. The molecule has 1 aliphatic carbocycles. The lowest BCUT2D eigenvalue weighted by Crippen LogP contribution is -2.51. The fourth-order valence-corrected chi connectivity index (χ4v) is 3.96. The molecule has 1 fully saturated rings. The molecular weight excluding hydrogens is 372 g/mol. The first-order valence-electron chi connectivity index (χ1n) is 6.81. The van der Waals surface area contributed by atoms with Crippen molar-refractivity contribution >= 4 is 28.5 Å². The summed E-state index contributed by atoms with van der Waals surface area (Å²) in [6.07, 6.45) is 2.08. The number of hydrogen-bond donors (Lipinski definition) is 1. The first kappa shape index (κ1) is 14.3. The minimum absolute atomic E-state index is 0.150. The Bertz CT molecular complexity index is 578. The lowest BCUT2D eigenvalue weighted by Gasteiger charge is -2.37. The van der Waals surface area contributed by atoms with Crippen LogP contribution in [0.15, 0.2) is 12.1 Å². The van der Waals surface area contributed by atoms with Crippen LogP contribution in [0, 0.1) is 15.3 Å². The number of aliphatic hydroxyl groups is 1. The Labute approximate surface area is 131 Å².